The molecule has 0 radical (unpaired) electrons. The second-order valence-corrected chi connectivity index (χ2v) is 4.24. The van der Waals surface area contributed by atoms with E-state index < -0.39 is 11.8 Å². The predicted octanol–water partition coefficient (Wildman–Crippen LogP) is 3.76. The number of rotatable bonds is 4. The Hall–Kier alpha value is -2.07. The molecule has 98 valence electrons. The van der Waals surface area contributed by atoms with E-state index in [1.165, 1.54) is 12.1 Å². The summed E-state index contributed by atoms with van der Waals surface area (Å²) in [5.74, 6) is -1.21. The van der Waals surface area contributed by atoms with Gasteiger partial charge in [0.2, 0.25) is 0 Å². The van der Waals surface area contributed by atoms with Crippen LogP contribution in [0, 0.1) is 5.82 Å². The van der Waals surface area contributed by atoms with Crippen LogP contribution in [0.15, 0.2) is 42.5 Å². The summed E-state index contributed by atoms with van der Waals surface area (Å²) in [6, 6.07) is 10.4. The molecule has 0 fully saturated rings. The molecule has 0 saturated heterocycles. The van der Waals surface area contributed by atoms with E-state index in [0.29, 0.717) is 10.8 Å². The second-order valence-electron chi connectivity index (χ2n) is 3.83. The van der Waals surface area contributed by atoms with Gasteiger partial charge >= 0.3 is 5.97 Å². The first kappa shape index (κ1) is 13.4. The standard InChI is InChI=1S/C14H10ClFO3/c15-11-3-1-2-4-13(11)19-8-10-7-9(14(17)18)5-6-12(10)16/h1-7H,8H2,(H,17,18). The van der Waals surface area contributed by atoms with E-state index in [9.17, 15) is 9.18 Å². The van der Waals surface area contributed by atoms with Crippen LogP contribution in [-0.2, 0) is 6.61 Å². The lowest BCUT2D eigenvalue weighted by atomic mass is 10.1. The zero-order valence-corrected chi connectivity index (χ0v) is 10.5. The van der Waals surface area contributed by atoms with Crippen molar-refractivity contribution in [2.45, 2.75) is 6.61 Å². The summed E-state index contributed by atoms with van der Waals surface area (Å²) in [6.07, 6.45) is 0. The summed E-state index contributed by atoms with van der Waals surface area (Å²) in [5, 5.41) is 9.26. The lowest BCUT2D eigenvalue weighted by Gasteiger charge is -2.09. The molecule has 0 unspecified atom stereocenters. The summed E-state index contributed by atoms with van der Waals surface area (Å²) in [4.78, 5) is 10.8. The highest BCUT2D eigenvalue weighted by Crippen LogP contribution is 2.24. The van der Waals surface area contributed by atoms with Crippen molar-refractivity contribution in [3.63, 3.8) is 0 Å². The van der Waals surface area contributed by atoms with E-state index in [4.69, 9.17) is 21.4 Å². The number of halogens is 2. The Morgan fingerprint density at radius 3 is 2.68 bits per heavy atom. The van der Waals surface area contributed by atoms with Gasteiger partial charge in [-0.1, -0.05) is 23.7 Å². The molecule has 0 aliphatic heterocycles. The minimum absolute atomic E-state index is 0.0131. The summed E-state index contributed by atoms with van der Waals surface area (Å²) < 4.78 is 18.9. The summed E-state index contributed by atoms with van der Waals surface area (Å²) in [6.45, 7) is -0.0866. The zero-order chi connectivity index (χ0) is 13.8. The Morgan fingerprint density at radius 1 is 1.26 bits per heavy atom. The van der Waals surface area contributed by atoms with Crippen LogP contribution in [0.25, 0.3) is 0 Å². The van der Waals surface area contributed by atoms with Gasteiger partial charge in [0, 0.05) is 5.56 Å². The van der Waals surface area contributed by atoms with E-state index >= 15 is 0 Å². The van der Waals surface area contributed by atoms with Crippen LogP contribution >= 0.6 is 11.6 Å². The van der Waals surface area contributed by atoms with Gasteiger partial charge in [-0.15, -0.1) is 0 Å². The Labute approximate surface area is 114 Å². The first-order chi connectivity index (χ1) is 9.08. The fourth-order valence-corrected chi connectivity index (χ4v) is 1.73. The van der Waals surface area contributed by atoms with Crippen molar-refractivity contribution < 1.29 is 19.0 Å². The molecule has 0 bridgehead atoms. The third kappa shape index (κ3) is 3.23. The minimum Gasteiger partial charge on any atom is -0.487 e. The Balaban J connectivity index is 2.17. The summed E-state index contributed by atoms with van der Waals surface area (Å²) in [5.41, 5.74) is 0.180. The van der Waals surface area contributed by atoms with Gasteiger partial charge in [0.05, 0.1) is 10.6 Å². The van der Waals surface area contributed by atoms with Crippen molar-refractivity contribution in [1.29, 1.82) is 0 Å². The van der Waals surface area contributed by atoms with Gasteiger partial charge in [-0.25, -0.2) is 9.18 Å². The molecule has 2 aromatic rings. The van der Waals surface area contributed by atoms with Crippen LogP contribution in [0.5, 0.6) is 5.75 Å². The molecule has 0 atom stereocenters. The second kappa shape index (κ2) is 5.71. The Morgan fingerprint density at radius 2 is 2.00 bits per heavy atom. The van der Waals surface area contributed by atoms with E-state index in [0.717, 1.165) is 6.07 Å². The number of ether oxygens (including phenoxy) is 1. The SMILES string of the molecule is O=C(O)c1ccc(F)c(COc2ccccc2Cl)c1. The van der Waals surface area contributed by atoms with Crippen molar-refractivity contribution >= 4 is 17.6 Å². The van der Waals surface area contributed by atoms with Gasteiger partial charge in [-0.3, -0.25) is 0 Å². The molecule has 1 N–H and O–H groups in total. The van der Waals surface area contributed by atoms with Crippen molar-refractivity contribution in [3.05, 3.63) is 64.4 Å². The Bertz CT molecular complexity index is 613. The number of para-hydroxylation sites is 1. The highest BCUT2D eigenvalue weighted by atomic mass is 35.5. The average molecular weight is 281 g/mol. The molecule has 5 heteroatoms. The maximum absolute atomic E-state index is 13.5. The maximum atomic E-state index is 13.5. The highest BCUT2D eigenvalue weighted by Gasteiger charge is 2.09. The fraction of sp³-hybridized carbons (Fsp3) is 0.0714. The van der Waals surface area contributed by atoms with Crippen LogP contribution in [0.3, 0.4) is 0 Å². The van der Waals surface area contributed by atoms with Crippen molar-refractivity contribution in [3.8, 4) is 5.75 Å². The average Bonchev–Trinajstić information content (AvgIpc) is 2.39. The Kier molecular flexibility index (Phi) is 4.02. The van der Waals surface area contributed by atoms with E-state index in [2.05, 4.69) is 0 Å². The van der Waals surface area contributed by atoms with Gasteiger partial charge in [0.1, 0.15) is 18.2 Å². The van der Waals surface area contributed by atoms with Crippen molar-refractivity contribution in [2.24, 2.45) is 0 Å². The van der Waals surface area contributed by atoms with E-state index in [-0.39, 0.29) is 17.7 Å². The number of benzene rings is 2. The van der Waals surface area contributed by atoms with Crippen LogP contribution < -0.4 is 4.74 Å². The maximum Gasteiger partial charge on any atom is 0.335 e. The molecular formula is C14H10ClFO3. The molecule has 2 aromatic carbocycles. The number of carboxylic acid groups (broad SMARTS) is 1. The summed E-state index contributed by atoms with van der Waals surface area (Å²) >= 11 is 5.90. The number of carbonyl (C=O) groups is 1. The molecule has 0 heterocycles. The van der Waals surface area contributed by atoms with E-state index in [1.54, 1.807) is 24.3 Å². The topological polar surface area (TPSA) is 46.5 Å². The van der Waals surface area contributed by atoms with Crippen LogP contribution in [0.2, 0.25) is 5.02 Å². The van der Waals surface area contributed by atoms with E-state index in [1.807, 2.05) is 0 Å². The van der Waals surface area contributed by atoms with Crippen LogP contribution in [-0.4, -0.2) is 11.1 Å². The monoisotopic (exact) mass is 280 g/mol. The fourth-order valence-electron chi connectivity index (χ4n) is 1.54. The number of hydrogen-bond acceptors (Lipinski definition) is 2. The number of aromatic carboxylic acids is 1. The van der Waals surface area contributed by atoms with Crippen LogP contribution in [0.1, 0.15) is 15.9 Å². The largest absolute Gasteiger partial charge is 0.487 e. The summed E-state index contributed by atoms with van der Waals surface area (Å²) in [7, 11) is 0. The number of hydrogen-bond donors (Lipinski definition) is 1. The van der Waals surface area contributed by atoms with Gasteiger partial charge in [0.15, 0.2) is 0 Å². The quantitative estimate of drug-likeness (QED) is 0.927. The van der Waals surface area contributed by atoms with Crippen molar-refractivity contribution in [1.82, 2.24) is 0 Å². The molecule has 0 aliphatic rings. The van der Waals surface area contributed by atoms with Crippen LogP contribution in [0.4, 0.5) is 4.39 Å². The van der Waals surface area contributed by atoms with Crippen molar-refractivity contribution in [2.75, 3.05) is 0 Å². The molecule has 0 aliphatic carbocycles. The molecular weight excluding hydrogens is 271 g/mol. The van der Waals surface area contributed by atoms with Gasteiger partial charge in [-0.2, -0.15) is 0 Å². The third-order valence-electron chi connectivity index (χ3n) is 2.51. The smallest absolute Gasteiger partial charge is 0.335 e. The van der Waals surface area contributed by atoms with Gasteiger partial charge < -0.3 is 9.84 Å². The lowest BCUT2D eigenvalue weighted by Crippen LogP contribution is -2.03. The van der Waals surface area contributed by atoms with Gasteiger partial charge in [-0.05, 0) is 30.3 Å². The molecule has 0 amide bonds. The highest BCUT2D eigenvalue weighted by molar-refractivity contribution is 6.32. The minimum atomic E-state index is -1.11. The third-order valence-corrected chi connectivity index (χ3v) is 2.82. The molecule has 19 heavy (non-hydrogen) atoms. The molecule has 3 nitrogen and oxygen atoms in total. The normalized spacial score (nSPS) is 10.2. The first-order valence-corrected chi connectivity index (χ1v) is 5.85. The van der Waals surface area contributed by atoms with Gasteiger partial charge in [0.25, 0.3) is 0 Å². The molecule has 0 saturated carbocycles. The zero-order valence-electron chi connectivity index (χ0n) is 9.77. The first-order valence-electron chi connectivity index (χ1n) is 5.47. The lowest BCUT2D eigenvalue weighted by molar-refractivity contribution is 0.0696. The molecule has 0 aromatic heterocycles. The molecule has 2 rings (SSSR count). The molecule has 0 spiro atoms. The predicted molar refractivity (Wildman–Crippen MR) is 69.1 cm³/mol. The number of carboxylic acids is 1.